The van der Waals surface area contributed by atoms with Crippen molar-refractivity contribution in [2.75, 3.05) is 6.16 Å². The highest BCUT2D eigenvalue weighted by Crippen LogP contribution is 2.47. The number of benzene rings is 1. The fraction of sp³-hybridized carbons (Fsp3) is 0.250. The first-order chi connectivity index (χ1) is 6.87. The Morgan fingerprint density at radius 1 is 1.33 bits per heavy atom. The Bertz CT molecular complexity index is 425. The van der Waals surface area contributed by atoms with Crippen LogP contribution in [0.2, 0.25) is 15.1 Å². The van der Waals surface area contributed by atoms with Crippen molar-refractivity contribution in [3.8, 4) is 5.75 Å². The van der Waals surface area contributed by atoms with Gasteiger partial charge in [0.1, 0.15) is 10.8 Å². The molecule has 0 heterocycles. The number of hydrogen-bond acceptors (Lipinski definition) is 2. The van der Waals surface area contributed by atoms with E-state index in [0.717, 1.165) is 0 Å². The molecular weight excluding hydrogens is 297 g/mol. The summed E-state index contributed by atoms with van der Waals surface area (Å²) < 4.78 is 5.22. The van der Waals surface area contributed by atoms with Gasteiger partial charge in [0.25, 0.3) is 0 Å². The topological polar surface area (TPSA) is 29.5 Å². The van der Waals surface area contributed by atoms with Crippen molar-refractivity contribution >= 4 is 53.1 Å². The van der Waals surface area contributed by atoms with Gasteiger partial charge in [0.15, 0.2) is 0 Å². The molecule has 2 nitrogen and oxygen atoms in total. The van der Waals surface area contributed by atoms with Gasteiger partial charge in [-0.15, -0.1) is 0 Å². The van der Waals surface area contributed by atoms with Gasteiger partial charge in [0.05, 0.1) is 10.0 Å². The second-order valence-electron chi connectivity index (χ2n) is 2.72. The molecule has 0 saturated carbocycles. The van der Waals surface area contributed by atoms with Gasteiger partial charge in [0.2, 0.25) is 6.49 Å². The van der Waals surface area contributed by atoms with Crippen molar-refractivity contribution in [2.45, 2.75) is 6.92 Å². The van der Waals surface area contributed by atoms with E-state index in [-0.39, 0.29) is 15.8 Å². The summed E-state index contributed by atoms with van der Waals surface area (Å²) >= 11 is 22.3. The lowest BCUT2D eigenvalue weighted by molar-refractivity contribution is 0.484. The highest BCUT2D eigenvalue weighted by molar-refractivity contribution is 8.09. The van der Waals surface area contributed by atoms with Crippen molar-refractivity contribution in [2.24, 2.45) is 0 Å². The zero-order chi connectivity index (χ0) is 11.6. The van der Waals surface area contributed by atoms with Gasteiger partial charge < -0.3 is 9.42 Å². The third kappa shape index (κ3) is 3.48. The normalized spacial score (nSPS) is 14.7. The SMILES string of the molecule is CCP(O)(=S)Oc1ccc(Cl)c(Cl)c1Cl. The molecule has 0 amide bonds. The fourth-order valence-corrected chi connectivity index (χ4v) is 2.25. The van der Waals surface area contributed by atoms with Gasteiger partial charge in [-0.2, -0.15) is 0 Å². The monoisotopic (exact) mass is 304 g/mol. The van der Waals surface area contributed by atoms with E-state index in [4.69, 9.17) is 51.1 Å². The lowest BCUT2D eigenvalue weighted by Gasteiger charge is -2.16. The average Bonchev–Trinajstić information content (AvgIpc) is 2.19. The van der Waals surface area contributed by atoms with Crippen LogP contribution in [0, 0.1) is 0 Å². The van der Waals surface area contributed by atoms with E-state index in [1.54, 1.807) is 6.92 Å². The van der Waals surface area contributed by atoms with Crippen molar-refractivity contribution in [1.82, 2.24) is 0 Å². The van der Waals surface area contributed by atoms with Crippen LogP contribution >= 0.6 is 41.3 Å². The first-order valence-corrected chi connectivity index (χ1v) is 8.01. The number of hydrogen-bond donors (Lipinski definition) is 1. The Morgan fingerprint density at radius 3 is 2.47 bits per heavy atom. The molecule has 0 aliphatic carbocycles. The Labute approximate surface area is 108 Å². The van der Waals surface area contributed by atoms with Gasteiger partial charge in [-0.3, -0.25) is 0 Å². The van der Waals surface area contributed by atoms with Gasteiger partial charge in [-0.1, -0.05) is 41.7 Å². The molecule has 84 valence electrons. The summed E-state index contributed by atoms with van der Waals surface area (Å²) in [5.41, 5.74) is 0. The first-order valence-electron chi connectivity index (χ1n) is 4.02. The highest BCUT2D eigenvalue weighted by atomic mass is 35.5. The Hall–Kier alpha value is 0.500. The Balaban J connectivity index is 3.08. The van der Waals surface area contributed by atoms with Gasteiger partial charge >= 0.3 is 0 Å². The van der Waals surface area contributed by atoms with Crippen molar-refractivity contribution in [1.29, 1.82) is 0 Å². The maximum absolute atomic E-state index is 9.63. The molecule has 0 bridgehead atoms. The Kier molecular flexibility index (Phi) is 4.72. The van der Waals surface area contributed by atoms with Crippen LogP contribution in [0.4, 0.5) is 0 Å². The van der Waals surface area contributed by atoms with E-state index in [0.29, 0.717) is 11.2 Å². The molecule has 1 aromatic carbocycles. The van der Waals surface area contributed by atoms with E-state index in [1.807, 2.05) is 0 Å². The predicted molar refractivity (Wildman–Crippen MR) is 69.1 cm³/mol. The quantitative estimate of drug-likeness (QED) is 0.665. The van der Waals surface area contributed by atoms with E-state index >= 15 is 0 Å². The van der Waals surface area contributed by atoms with Crippen LogP contribution in [0.3, 0.4) is 0 Å². The minimum absolute atomic E-state index is 0.167. The molecule has 1 rings (SSSR count). The summed E-state index contributed by atoms with van der Waals surface area (Å²) in [6.45, 7) is -1.07. The molecule has 0 radical (unpaired) electrons. The second kappa shape index (κ2) is 5.22. The van der Waals surface area contributed by atoms with Crippen LogP contribution in [0.15, 0.2) is 12.1 Å². The standard InChI is InChI=1S/C8H8Cl3O2PS/c1-2-14(12,15)13-6-4-3-5(9)7(10)8(6)11/h3-4H,2H2,1H3,(H,12,15). The van der Waals surface area contributed by atoms with Gasteiger partial charge in [-0.05, 0) is 23.9 Å². The van der Waals surface area contributed by atoms with Crippen molar-refractivity contribution in [3.63, 3.8) is 0 Å². The minimum Gasteiger partial charge on any atom is -0.442 e. The maximum Gasteiger partial charge on any atom is 0.235 e. The van der Waals surface area contributed by atoms with Crippen LogP contribution in [0.25, 0.3) is 0 Å². The van der Waals surface area contributed by atoms with E-state index in [1.165, 1.54) is 12.1 Å². The average molecular weight is 306 g/mol. The van der Waals surface area contributed by atoms with Crippen LogP contribution in [0.5, 0.6) is 5.75 Å². The molecular formula is C8H8Cl3O2PS. The van der Waals surface area contributed by atoms with Crippen LogP contribution in [-0.2, 0) is 11.8 Å². The zero-order valence-corrected chi connectivity index (χ0v) is 11.7. The highest BCUT2D eigenvalue weighted by Gasteiger charge is 2.17. The number of halogens is 3. The third-order valence-electron chi connectivity index (χ3n) is 1.64. The molecule has 1 N–H and O–H groups in total. The van der Waals surface area contributed by atoms with Gasteiger partial charge in [-0.25, -0.2) is 0 Å². The summed E-state index contributed by atoms with van der Waals surface area (Å²) in [7, 11) is 0. The molecule has 1 unspecified atom stereocenters. The molecule has 0 aliphatic rings. The largest absolute Gasteiger partial charge is 0.442 e. The van der Waals surface area contributed by atoms with E-state index < -0.39 is 6.49 Å². The third-order valence-corrected chi connectivity index (χ3v) is 5.20. The first kappa shape index (κ1) is 13.6. The summed E-state index contributed by atoms with van der Waals surface area (Å²) in [5, 5.41) is 0.694. The van der Waals surface area contributed by atoms with Crippen molar-refractivity contribution in [3.05, 3.63) is 27.2 Å². The summed E-state index contributed by atoms with van der Waals surface area (Å²) in [4.78, 5) is 9.63. The molecule has 1 atom stereocenters. The molecule has 0 spiro atoms. The van der Waals surface area contributed by atoms with Gasteiger partial charge in [0, 0.05) is 6.16 Å². The molecule has 7 heteroatoms. The minimum atomic E-state index is -2.81. The fourth-order valence-electron chi connectivity index (χ4n) is 0.797. The summed E-state index contributed by atoms with van der Waals surface area (Å²) in [6, 6.07) is 3.07. The molecule has 0 fully saturated rings. The van der Waals surface area contributed by atoms with Crippen LogP contribution in [0.1, 0.15) is 6.92 Å². The zero-order valence-electron chi connectivity index (χ0n) is 7.71. The summed E-state index contributed by atoms with van der Waals surface area (Å²) in [6.07, 6.45) is 0.360. The molecule has 15 heavy (non-hydrogen) atoms. The number of rotatable bonds is 3. The molecule has 0 aromatic heterocycles. The Morgan fingerprint density at radius 2 is 1.93 bits per heavy atom. The van der Waals surface area contributed by atoms with Crippen LogP contribution in [-0.4, -0.2) is 11.1 Å². The molecule has 0 saturated heterocycles. The van der Waals surface area contributed by atoms with E-state index in [2.05, 4.69) is 0 Å². The lowest BCUT2D eigenvalue weighted by atomic mass is 10.3. The smallest absolute Gasteiger partial charge is 0.235 e. The molecule has 0 aliphatic heterocycles. The predicted octanol–water partition coefficient (Wildman–Crippen LogP) is 4.35. The van der Waals surface area contributed by atoms with Crippen molar-refractivity contribution < 1.29 is 9.42 Å². The van der Waals surface area contributed by atoms with E-state index in [9.17, 15) is 4.89 Å². The summed E-state index contributed by atoms with van der Waals surface area (Å²) in [5.74, 6) is 0.263. The maximum atomic E-state index is 9.63. The van der Waals surface area contributed by atoms with Crippen LogP contribution < -0.4 is 4.52 Å². The second-order valence-corrected chi connectivity index (χ2v) is 7.68. The lowest BCUT2D eigenvalue weighted by Crippen LogP contribution is -1.94. The molecule has 1 aromatic rings.